The van der Waals surface area contributed by atoms with Crippen LogP contribution in [-0.2, 0) is 11.3 Å². The Hall–Kier alpha value is -2.21. The quantitative estimate of drug-likeness (QED) is 0.684. The number of hydrogen-bond donors (Lipinski definition) is 3. The Labute approximate surface area is 134 Å². The van der Waals surface area contributed by atoms with Crippen LogP contribution in [-0.4, -0.2) is 23.6 Å². The molecule has 0 fully saturated rings. The molecule has 0 spiro atoms. The fourth-order valence-corrected chi connectivity index (χ4v) is 2.20. The first kappa shape index (κ1) is 16.2. The predicted octanol–water partition coefficient (Wildman–Crippen LogP) is 2.01. The lowest BCUT2D eigenvalue weighted by Crippen LogP contribution is -2.46. The lowest BCUT2D eigenvalue weighted by molar-refractivity contribution is -0.123. The lowest BCUT2D eigenvalue weighted by Gasteiger charge is -2.17. The molecule has 1 heterocycles. The molecule has 2 aromatic rings. The van der Waals surface area contributed by atoms with Crippen LogP contribution in [0.3, 0.4) is 0 Å². The summed E-state index contributed by atoms with van der Waals surface area (Å²) in [6.07, 6.45) is 2.00. The van der Waals surface area contributed by atoms with Crippen LogP contribution in [0, 0.1) is 0 Å². The Kier molecular flexibility index (Phi) is 6.09. The summed E-state index contributed by atoms with van der Waals surface area (Å²) < 4.78 is 5.16. The van der Waals surface area contributed by atoms with Crippen molar-refractivity contribution in [2.75, 3.05) is 5.75 Å². The summed E-state index contributed by atoms with van der Waals surface area (Å²) in [5.74, 6) is 0.621. The molecule has 22 heavy (non-hydrogen) atoms. The van der Waals surface area contributed by atoms with E-state index in [0.29, 0.717) is 23.5 Å². The molecule has 2 N–H and O–H groups in total. The van der Waals surface area contributed by atoms with Gasteiger partial charge in [0.05, 0.1) is 12.8 Å². The highest BCUT2D eigenvalue weighted by Gasteiger charge is 2.20. The second-order valence-corrected chi connectivity index (χ2v) is 5.15. The third-order valence-corrected chi connectivity index (χ3v) is 3.35. The van der Waals surface area contributed by atoms with E-state index in [1.54, 1.807) is 42.7 Å². The van der Waals surface area contributed by atoms with E-state index in [2.05, 4.69) is 23.3 Å². The van der Waals surface area contributed by atoms with Crippen LogP contribution in [0.25, 0.3) is 0 Å². The van der Waals surface area contributed by atoms with Crippen LogP contribution in [0.2, 0.25) is 0 Å². The van der Waals surface area contributed by atoms with Gasteiger partial charge >= 0.3 is 0 Å². The molecule has 116 valence electrons. The molecular weight excluding hydrogens is 300 g/mol. The summed E-state index contributed by atoms with van der Waals surface area (Å²) in [6.45, 7) is 0.288. The van der Waals surface area contributed by atoms with E-state index in [1.807, 2.05) is 6.07 Å². The van der Waals surface area contributed by atoms with Crippen molar-refractivity contribution >= 4 is 24.4 Å². The first-order valence-electron chi connectivity index (χ1n) is 6.97. The van der Waals surface area contributed by atoms with E-state index in [-0.39, 0.29) is 18.4 Å². The van der Waals surface area contributed by atoms with Gasteiger partial charge in [-0.25, -0.2) is 0 Å². The fourth-order valence-electron chi connectivity index (χ4n) is 1.94. The normalized spacial score (nSPS) is 11.7. The third kappa shape index (κ3) is 4.66. The zero-order chi connectivity index (χ0) is 15.8. The van der Waals surface area contributed by atoms with Gasteiger partial charge in [-0.2, -0.15) is 12.6 Å². The van der Waals surface area contributed by atoms with Crippen molar-refractivity contribution in [2.24, 2.45) is 0 Å². The fraction of sp³-hybridized carbons (Fsp3) is 0.250. The topological polar surface area (TPSA) is 71.3 Å². The maximum absolute atomic E-state index is 12.2. The minimum atomic E-state index is -0.625. The second kappa shape index (κ2) is 8.29. The van der Waals surface area contributed by atoms with Crippen LogP contribution >= 0.6 is 12.6 Å². The Morgan fingerprint density at radius 1 is 1.14 bits per heavy atom. The molecule has 6 heteroatoms. The largest absolute Gasteiger partial charge is 0.467 e. The number of furan rings is 1. The number of benzene rings is 1. The molecule has 1 atom stereocenters. The second-order valence-electron chi connectivity index (χ2n) is 4.70. The summed E-state index contributed by atoms with van der Waals surface area (Å²) >= 11 is 4.14. The Morgan fingerprint density at radius 3 is 2.55 bits per heavy atom. The number of carbonyl (C=O) groups is 2. The lowest BCUT2D eigenvalue weighted by atomic mass is 10.1. The molecule has 2 rings (SSSR count). The summed E-state index contributed by atoms with van der Waals surface area (Å²) in [7, 11) is 0. The van der Waals surface area contributed by atoms with Gasteiger partial charge in [-0.05, 0) is 36.4 Å². The highest BCUT2D eigenvalue weighted by atomic mass is 32.1. The third-order valence-electron chi connectivity index (χ3n) is 3.09. The van der Waals surface area contributed by atoms with Crippen molar-refractivity contribution < 1.29 is 14.0 Å². The van der Waals surface area contributed by atoms with E-state index < -0.39 is 6.04 Å². The van der Waals surface area contributed by atoms with Crippen molar-refractivity contribution in [1.82, 2.24) is 10.6 Å². The molecule has 0 aliphatic carbocycles. The Balaban J connectivity index is 1.93. The zero-order valence-electron chi connectivity index (χ0n) is 12.0. The van der Waals surface area contributed by atoms with Gasteiger partial charge in [0.25, 0.3) is 5.91 Å². The van der Waals surface area contributed by atoms with Gasteiger partial charge in [-0.1, -0.05) is 18.2 Å². The molecule has 1 aromatic carbocycles. The van der Waals surface area contributed by atoms with Crippen LogP contribution in [0.4, 0.5) is 0 Å². The van der Waals surface area contributed by atoms with Crippen molar-refractivity contribution in [1.29, 1.82) is 0 Å². The van der Waals surface area contributed by atoms with Gasteiger partial charge in [0.2, 0.25) is 5.91 Å². The highest BCUT2D eigenvalue weighted by molar-refractivity contribution is 7.80. The van der Waals surface area contributed by atoms with E-state index in [4.69, 9.17) is 4.42 Å². The molecule has 0 aliphatic rings. The maximum atomic E-state index is 12.2. The average molecular weight is 318 g/mol. The van der Waals surface area contributed by atoms with Gasteiger partial charge in [-0.15, -0.1) is 0 Å². The van der Waals surface area contributed by atoms with E-state index in [1.165, 1.54) is 0 Å². The van der Waals surface area contributed by atoms with Crippen LogP contribution in [0.5, 0.6) is 0 Å². The molecule has 1 aromatic heterocycles. The van der Waals surface area contributed by atoms with Crippen LogP contribution < -0.4 is 10.6 Å². The number of rotatable bonds is 7. The van der Waals surface area contributed by atoms with Crippen molar-refractivity contribution in [2.45, 2.75) is 19.0 Å². The van der Waals surface area contributed by atoms with E-state index >= 15 is 0 Å². The van der Waals surface area contributed by atoms with Gasteiger partial charge in [0.15, 0.2) is 0 Å². The molecule has 1 unspecified atom stereocenters. The highest BCUT2D eigenvalue weighted by Crippen LogP contribution is 2.03. The summed E-state index contributed by atoms with van der Waals surface area (Å²) in [5.41, 5.74) is 0.519. The molecule has 0 saturated heterocycles. The SMILES string of the molecule is O=C(NC(CCS)C(=O)NCc1ccco1)c1ccccc1. The Morgan fingerprint density at radius 2 is 1.91 bits per heavy atom. The van der Waals surface area contributed by atoms with Crippen LogP contribution in [0.1, 0.15) is 22.5 Å². The predicted molar refractivity (Wildman–Crippen MR) is 86.7 cm³/mol. The number of amides is 2. The molecule has 5 nitrogen and oxygen atoms in total. The maximum Gasteiger partial charge on any atom is 0.251 e. The minimum absolute atomic E-state index is 0.255. The Bertz CT molecular complexity index is 599. The minimum Gasteiger partial charge on any atom is -0.467 e. The first-order chi connectivity index (χ1) is 10.7. The first-order valence-corrected chi connectivity index (χ1v) is 7.61. The molecule has 0 bridgehead atoms. The van der Waals surface area contributed by atoms with Crippen molar-refractivity contribution in [3.05, 3.63) is 60.1 Å². The van der Waals surface area contributed by atoms with Gasteiger partial charge in [0.1, 0.15) is 11.8 Å². The van der Waals surface area contributed by atoms with E-state index in [0.717, 1.165) is 0 Å². The summed E-state index contributed by atoms with van der Waals surface area (Å²) in [4.78, 5) is 24.3. The average Bonchev–Trinajstić information content (AvgIpc) is 3.06. The number of carbonyl (C=O) groups excluding carboxylic acids is 2. The molecule has 2 amide bonds. The van der Waals surface area contributed by atoms with Crippen molar-refractivity contribution in [3.63, 3.8) is 0 Å². The summed E-state index contributed by atoms with van der Waals surface area (Å²) in [5, 5.41) is 5.48. The van der Waals surface area contributed by atoms with Crippen LogP contribution in [0.15, 0.2) is 53.1 Å². The zero-order valence-corrected chi connectivity index (χ0v) is 12.9. The van der Waals surface area contributed by atoms with Gasteiger partial charge < -0.3 is 15.1 Å². The molecular formula is C16H18N2O3S. The van der Waals surface area contributed by atoms with Crippen molar-refractivity contribution in [3.8, 4) is 0 Å². The molecule has 0 radical (unpaired) electrons. The number of nitrogens with one attached hydrogen (secondary N) is 2. The van der Waals surface area contributed by atoms with Gasteiger partial charge in [-0.3, -0.25) is 9.59 Å². The van der Waals surface area contributed by atoms with Gasteiger partial charge in [0, 0.05) is 5.56 Å². The molecule has 0 saturated carbocycles. The number of thiol groups is 1. The smallest absolute Gasteiger partial charge is 0.251 e. The molecule has 0 aliphatic heterocycles. The van der Waals surface area contributed by atoms with E-state index in [9.17, 15) is 9.59 Å². The monoisotopic (exact) mass is 318 g/mol. The number of hydrogen-bond acceptors (Lipinski definition) is 4. The summed E-state index contributed by atoms with van der Waals surface area (Å²) in [6, 6.07) is 11.7. The standard InChI is InChI=1S/C16H18N2O3S/c19-15(12-5-2-1-3-6-12)18-14(8-10-22)16(20)17-11-13-7-4-9-21-13/h1-7,9,14,22H,8,10-11H2,(H,17,20)(H,18,19).